The first-order valence-electron chi connectivity index (χ1n) is 3.52. The number of aromatic nitrogens is 4. The number of carbonyl (C=O) groups excluding carboxylic acids is 1. The summed E-state index contributed by atoms with van der Waals surface area (Å²) < 4.78 is 0. The number of hydrogen-bond donors (Lipinski definition) is 2. The number of carbonyl (C=O) groups is 1. The van der Waals surface area contributed by atoms with Crippen molar-refractivity contribution in [3.05, 3.63) is 12.7 Å². The summed E-state index contributed by atoms with van der Waals surface area (Å²) in [6, 6.07) is 0. The molecule has 13 heavy (non-hydrogen) atoms. The lowest BCUT2D eigenvalue weighted by atomic mass is 10.6. The molecule has 0 aromatic carbocycles. The molecule has 1 aromatic heterocycles. The Morgan fingerprint density at radius 1 is 1.85 bits per heavy atom. The van der Waals surface area contributed by atoms with Crippen molar-refractivity contribution in [3.8, 4) is 0 Å². The molecule has 1 rings (SSSR count). The molecule has 1 unspecified atom stereocenters. The average Bonchev–Trinajstić information content (AvgIpc) is 2.55. The fourth-order valence-corrected chi connectivity index (χ4v) is 1.40. The van der Waals surface area contributed by atoms with Gasteiger partial charge in [-0.3, -0.25) is 4.79 Å². The maximum Gasteiger partial charge on any atom is 0.217 e. The van der Waals surface area contributed by atoms with E-state index in [-0.39, 0.29) is 11.3 Å². The van der Waals surface area contributed by atoms with E-state index in [9.17, 15) is 4.79 Å². The molecular weight excluding hydrogens is 190 g/mol. The molecule has 0 radical (unpaired) electrons. The zero-order valence-electron chi connectivity index (χ0n) is 7.02. The molecule has 0 aliphatic heterocycles. The van der Waals surface area contributed by atoms with E-state index >= 15 is 0 Å². The molecule has 70 valence electrons. The molecular formula is C6H9N5OS. The predicted octanol–water partition coefficient (Wildman–Crippen LogP) is -0.0600. The second-order valence-corrected chi connectivity index (χ2v) is 3.31. The molecule has 0 saturated carbocycles. The third kappa shape index (κ3) is 3.24. The van der Waals surface area contributed by atoms with E-state index in [2.05, 4.69) is 32.5 Å². The van der Waals surface area contributed by atoms with Gasteiger partial charge in [0.25, 0.3) is 0 Å². The topological polar surface area (TPSA) is 83.6 Å². The highest BCUT2D eigenvalue weighted by Gasteiger charge is 2.09. The Bertz CT molecular complexity index is 285. The van der Waals surface area contributed by atoms with Crippen LogP contribution in [0, 0.1) is 0 Å². The number of hydrogen-bond acceptors (Lipinski definition) is 5. The van der Waals surface area contributed by atoms with E-state index in [1.807, 2.05) is 0 Å². The lowest BCUT2D eigenvalue weighted by Gasteiger charge is -2.09. The number of tetrazole rings is 1. The minimum absolute atomic E-state index is 0.120. The van der Waals surface area contributed by atoms with Crippen molar-refractivity contribution in [2.75, 3.05) is 0 Å². The van der Waals surface area contributed by atoms with Gasteiger partial charge in [0.2, 0.25) is 11.1 Å². The summed E-state index contributed by atoms with van der Waals surface area (Å²) in [6.07, 6.45) is 1.61. The first-order chi connectivity index (χ1) is 6.22. The monoisotopic (exact) mass is 199 g/mol. The van der Waals surface area contributed by atoms with Gasteiger partial charge in [0, 0.05) is 6.92 Å². The maximum absolute atomic E-state index is 10.7. The summed E-state index contributed by atoms with van der Waals surface area (Å²) in [4.78, 5) is 10.7. The van der Waals surface area contributed by atoms with Crippen LogP contribution in [0.2, 0.25) is 0 Å². The van der Waals surface area contributed by atoms with Crippen molar-refractivity contribution in [2.24, 2.45) is 0 Å². The molecule has 6 nitrogen and oxygen atoms in total. The van der Waals surface area contributed by atoms with Crippen LogP contribution < -0.4 is 5.32 Å². The molecule has 1 atom stereocenters. The van der Waals surface area contributed by atoms with E-state index in [0.29, 0.717) is 5.16 Å². The van der Waals surface area contributed by atoms with E-state index in [4.69, 9.17) is 0 Å². The third-order valence-electron chi connectivity index (χ3n) is 1.12. The van der Waals surface area contributed by atoms with Crippen molar-refractivity contribution in [3.63, 3.8) is 0 Å². The summed E-state index contributed by atoms with van der Waals surface area (Å²) in [6.45, 7) is 5.02. The zero-order chi connectivity index (χ0) is 9.68. The minimum atomic E-state index is -0.216. The number of nitrogens with one attached hydrogen (secondary N) is 2. The van der Waals surface area contributed by atoms with Crippen LogP contribution in [0.5, 0.6) is 0 Å². The quantitative estimate of drug-likeness (QED) is 0.403. The third-order valence-corrected chi connectivity index (χ3v) is 2.08. The van der Waals surface area contributed by atoms with Gasteiger partial charge in [0.05, 0.1) is 0 Å². The van der Waals surface area contributed by atoms with Gasteiger partial charge in [-0.15, -0.1) is 11.7 Å². The molecule has 0 bridgehead atoms. The number of amides is 1. The highest BCUT2D eigenvalue weighted by molar-refractivity contribution is 7.99. The second-order valence-electron chi connectivity index (χ2n) is 2.18. The molecule has 1 amide bonds. The van der Waals surface area contributed by atoms with Crippen molar-refractivity contribution in [1.29, 1.82) is 0 Å². The number of nitrogens with zero attached hydrogens (tertiary/aromatic N) is 3. The molecule has 0 fully saturated rings. The van der Waals surface area contributed by atoms with Crippen LogP contribution in [0.1, 0.15) is 6.92 Å². The molecule has 0 aliphatic rings. The zero-order valence-corrected chi connectivity index (χ0v) is 7.84. The van der Waals surface area contributed by atoms with Gasteiger partial charge < -0.3 is 5.32 Å². The molecule has 0 aliphatic carbocycles. The van der Waals surface area contributed by atoms with Crippen LogP contribution in [0.3, 0.4) is 0 Å². The summed E-state index contributed by atoms with van der Waals surface area (Å²) >= 11 is 1.28. The lowest BCUT2D eigenvalue weighted by Crippen LogP contribution is -2.28. The van der Waals surface area contributed by atoms with Gasteiger partial charge in [-0.2, -0.15) is 0 Å². The van der Waals surface area contributed by atoms with Crippen molar-refractivity contribution >= 4 is 17.7 Å². The first-order valence-corrected chi connectivity index (χ1v) is 4.40. The molecule has 7 heteroatoms. The highest BCUT2D eigenvalue weighted by Crippen LogP contribution is 2.16. The van der Waals surface area contributed by atoms with E-state index in [1.54, 1.807) is 6.08 Å². The minimum Gasteiger partial charge on any atom is -0.341 e. The number of aromatic amines is 1. The Labute approximate surface area is 79.2 Å². The van der Waals surface area contributed by atoms with Crippen LogP contribution in [0.4, 0.5) is 0 Å². The summed E-state index contributed by atoms with van der Waals surface area (Å²) in [7, 11) is 0. The Hall–Kier alpha value is -1.37. The van der Waals surface area contributed by atoms with Crippen LogP contribution in [-0.2, 0) is 4.79 Å². The van der Waals surface area contributed by atoms with E-state index < -0.39 is 0 Å². The Balaban J connectivity index is 2.49. The normalized spacial score (nSPS) is 12.1. The van der Waals surface area contributed by atoms with Crippen LogP contribution in [0.25, 0.3) is 0 Å². The molecule has 0 saturated heterocycles. The Morgan fingerprint density at radius 2 is 2.62 bits per heavy atom. The van der Waals surface area contributed by atoms with Crippen molar-refractivity contribution in [2.45, 2.75) is 17.5 Å². The second kappa shape index (κ2) is 4.61. The van der Waals surface area contributed by atoms with Crippen LogP contribution in [0.15, 0.2) is 17.8 Å². The number of thioether (sulfide) groups is 1. The van der Waals surface area contributed by atoms with Crippen LogP contribution >= 0.6 is 11.8 Å². The smallest absolute Gasteiger partial charge is 0.217 e. The fourth-order valence-electron chi connectivity index (χ4n) is 0.657. The molecule has 0 spiro atoms. The van der Waals surface area contributed by atoms with Gasteiger partial charge in [0.15, 0.2) is 0 Å². The maximum atomic E-state index is 10.7. The average molecular weight is 199 g/mol. The van der Waals surface area contributed by atoms with E-state index in [1.165, 1.54) is 18.7 Å². The van der Waals surface area contributed by atoms with Gasteiger partial charge in [-0.05, 0) is 10.4 Å². The number of rotatable bonds is 4. The van der Waals surface area contributed by atoms with Gasteiger partial charge in [-0.25, -0.2) is 5.10 Å². The molecule has 1 heterocycles. The predicted molar refractivity (Wildman–Crippen MR) is 47.8 cm³/mol. The van der Waals surface area contributed by atoms with Gasteiger partial charge in [0.1, 0.15) is 5.37 Å². The Morgan fingerprint density at radius 3 is 3.08 bits per heavy atom. The first kappa shape index (κ1) is 9.72. The summed E-state index contributed by atoms with van der Waals surface area (Å²) in [5.74, 6) is -0.120. The SMILES string of the molecule is C=CC(NC(C)=O)Sc1nnn[nH]1. The van der Waals surface area contributed by atoms with E-state index in [0.717, 1.165) is 0 Å². The summed E-state index contributed by atoms with van der Waals surface area (Å²) in [5.41, 5.74) is 0. The van der Waals surface area contributed by atoms with Crippen molar-refractivity contribution in [1.82, 2.24) is 25.9 Å². The highest BCUT2D eigenvalue weighted by atomic mass is 32.2. The molecule has 2 N–H and O–H groups in total. The fraction of sp³-hybridized carbons (Fsp3) is 0.333. The largest absolute Gasteiger partial charge is 0.341 e. The van der Waals surface area contributed by atoms with Gasteiger partial charge in [-0.1, -0.05) is 17.8 Å². The number of H-pyrrole nitrogens is 1. The summed E-state index contributed by atoms with van der Waals surface area (Å²) in [5, 5.41) is 16.0. The lowest BCUT2D eigenvalue weighted by molar-refractivity contribution is -0.118. The van der Waals surface area contributed by atoms with Crippen LogP contribution in [-0.4, -0.2) is 31.9 Å². The van der Waals surface area contributed by atoms with Gasteiger partial charge >= 0.3 is 0 Å². The Kier molecular flexibility index (Phi) is 3.44. The molecule has 1 aromatic rings. The standard InChI is InChI=1S/C6H9N5OS/c1-3-5(7-4(2)12)13-6-8-10-11-9-6/h3,5H,1H2,2H3,(H,7,12)(H,8,9,10,11). The van der Waals surface area contributed by atoms with Crippen molar-refractivity contribution < 1.29 is 4.79 Å².